The zero-order valence-corrected chi connectivity index (χ0v) is 46.0. The summed E-state index contributed by atoms with van der Waals surface area (Å²) >= 11 is 0. The average Bonchev–Trinajstić information content (AvgIpc) is 3.73. The molecule has 17 nitrogen and oxygen atoms in total. The number of hydrogen-bond donors (Lipinski definition) is 5. The SMILES string of the molecule is CC(C)(C)OC(=O)NCCCOc1cc(OCCCNC(=O)OC(C)(C)C)cc(-c2cc(-c3cc(OCCCNC(=O)OC(C)(C)C)cc(OCCCNC(=O)OC(C)(C)C)c3)cc(-c3cc4ccccc4[nH]3)c2)c1. The minimum absolute atomic E-state index is 0.294. The molecule has 0 atom stereocenters. The summed E-state index contributed by atoms with van der Waals surface area (Å²) in [5, 5.41) is 12.2. The Morgan fingerprint density at radius 2 is 0.680 bits per heavy atom. The molecular formula is C58H79N5O12. The number of aromatic amines is 1. The molecule has 0 radical (unpaired) electrons. The van der Waals surface area contributed by atoms with Gasteiger partial charge in [0.15, 0.2) is 0 Å². The van der Waals surface area contributed by atoms with Gasteiger partial charge in [0.25, 0.3) is 0 Å². The molecule has 4 amide bonds. The van der Waals surface area contributed by atoms with Gasteiger partial charge in [-0.1, -0.05) is 18.2 Å². The predicted molar refractivity (Wildman–Crippen MR) is 292 cm³/mol. The van der Waals surface area contributed by atoms with Crippen LogP contribution in [-0.2, 0) is 18.9 Å². The highest BCUT2D eigenvalue weighted by molar-refractivity contribution is 5.89. The summed E-state index contributed by atoms with van der Waals surface area (Å²) in [6, 6.07) is 28.0. The van der Waals surface area contributed by atoms with Gasteiger partial charge in [-0.2, -0.15) is 0 Å². The molecule has 1 heterocycles. The van der Waals surface area contributed by atoms with Crippen molar-refractivity contribution in [1.29, 1.82) is 0 Å². The van der Waals surface area contributed by atoms with Crippen LogP contribution in [0.3, 0.4) is 0 Å². The summed E-state index contributed by atoms with van der Waals surface area (Å²) in [5.74, 6) is 2.21. The second-order valence-electron chi connectivity index (χ2n) is 22.0. The van der Waals surface area contributed by atoms with Crippen molar-refractivity contribution in [1.82, 2.24) is 26.3 Å². The first-order chi connectivity index (χ1) is 35.3. The number of aromatic nitrogens is 1. The standard InChI is InChI=1S/C58H79N5O12/c1-55(2,3)72-51(64)59-21-15-25-68-45-32-42(33-46(37-45)69-26-16-22-60-52(65)73-56(4,5)6)40-29-41(31-44(30-40)50-36-39-19-13-14-20-49(39)63-50)43-34-47(70-27-17-23-61-53(66)74-57(7,8)9)38-48(35-43)71-28-18-24-62-54(67)75-58(10,11)12/h13-14,19-20,29-38,63H,15-18,21-28H2,1-12H3,(H,59,64)(H,60,65)(H,61,66)(H,62,67). The van der Waals surface area contributed by atoms with Gasteiger partial charge in [-0.05, 0) is 191 Å². The fourth-order valence-corrected chi connectivity index (χ4v) is 7.22. The molecule has 5 N–H and O–H groups in total. The molecule has 0 bridgehead atoms. The number of hydrogen-bond acceptors (Lipinski definition) is 12. The Kier molecular flexibility index (Phi) is 20.9. The van der Waals surface area contributed by atoms with Gasteiger partial charge >= 0.3 is 24.4 Å². The number of fused-ring (bicyclic) bond motifs is 1. The second-order valence-corrected chi connectivity index (χ2v) is 22.0. The van der Waals surface area contributed by atoms with E-state index in [1.165, 1.54) is 0 Å². The van der Waals surface area contributed by atoms with Gasteiger partial charge in [0.05, 0.1) is 26.4 Å². The van der Waals surface area contributed by atoms with Crippen molar-refractivity contribution in [3.8, 4) is 56.5 Å². The summed E-state index contributed by atoms with van der Waals surface area (Å²) in [6.45, 7) is 24.3. The van der Waals surface area contributed by atoms with Gasteiger partial charge in [-0.25, -0.2) is 19.2 Å². The lowest BCUT2D eigenvalue weighted by atomic mass is 9.94. The fourth-order valence-electron chi connectivity index (χ4n) is 7.22. The van der Waals surface area contributed by atoms with E-state index in [2.05, 4.69) is 56.6 Å². The molecule has 75 heavy (non-hydrogen) atoms. The van der Waals surface area contributed by atoms with Crippen molar-refractivity contribution < 1.29 is 57.1 Å². The van der Waals surface area contributed by atoms with E-state index < -0.39 is 46.8 Å². The Bertz CT molecular complexity index is 2380. The lowest BCUT2D eigenvalue weighted by Crippen LogP contribution is -2.33. The first-order valence-electron chi connectivity index (χ1n) is 25.7. The third kappa shape index (κ3) is 22.4. The highest BCUT2D eigenvalue weighted by Gasteiger charge is 2.20. The molecule has 17 heteroatoms. The number of benzene rings is 4. The molecule has 0 aliphatic rings. The van der Waals surface area contributed by atoms with Crippen LogP contribution in [0.25, 0.3) is 44.4 Å². The zero-order valence-electron chi connectivity index (χ0n) is 46.0. The largest absolute Gasteiger partial charge is 0.493 e. The van der Waals surface area contributed by atoms with Gasteiger partial charge in [-0.3, -0.25) is 0 Å². The van der Waals surface area contributed by atoms with Crippen LogP contribution in [0, 0.1) is 0 Å². The van der Waals surface area contributed by atoms with Crippen LogP contribution in [0.5, 0.6) is 23.0 Å². The molecule has 0 aliphatic heterocycles. The number of para-hydroxylation sites is 1. The summed E-state index contributed by atoms with van der Waals surface area (Å²) in [7, 11) is 0. The van der Waals surface area contributed by atoms with Gasteiger partial charge in [-0.15, -0.1) is 0 Å². The first-order valence-corrected chi connectivity index (χ1v) is 25.7. The normalized spacial score (nSPS) is 11.8. The number of ether oxygens (including phenoxy) is 8. The summed E-state index contributed by atoms with van der Waals surface area (Å²) in [5.41, 5.74) is 3.64. The van der Waals surface area contributed by atoms with Gasteiger partial charge < -0.3 is 64.1 Å². The molecule has 0 saturated heterocycles. The van der Waals surface area contributed by atoms with E-state index >= 15 is 0 Å². The van der Waals surface area contributed by atoms with Gasteiger partial charge in [0, 0.05) is 54.9 Å². The van der Waals surface area contributed by atoms with Crippen molar-refractivity contribution in [3.05, 3.63) is 84.9 Å². The molecule has 0 aliphatic carbocycles. The highest BCUT2D eigenvalue weighted by Crippen LogP contribution is 2.39. The molecule has 0 saturated carbocycles. The second kappa shape index (κ2) is 26.8. The third-order valence-corrected chi connectivity index (χ3v) is 10.2. The molecule has 0 fully saturated rings. The van der Waals surface area contributed by atoms with Crippen LogP contribution in [0.1, 0.15) is 109 Å². The molecular weight excluding hydrogens is 959 g/mol. The lowest BCUT2D eigenvalue weighted by Gasteiger charge is -2.19. The predicted octanol–water partition coefficient (Wildman–Crippen LogP) is 12.3. The summed E-state index contributed by atoms with van der Waals surface area (Å²) in [6.07, 6.45) is 0.0639. The van der Waals surface area contributed by atoms with E-state index in [4.69, 9.17) is 37.9 Å². The number of alkyl carbamates (subject to hydrolysis) is 4. The van der Waals surface area contributed by atoms with Crippen LogP contribution in [0.15, 0.2) is 84.9 Å². The summed E-state index contributed by atoms with van der Waals surface area (Å²) < 4.78 is 46.9. The van der Waals surface area contributed by atoms with E-state index in [0.29, 0.717) is 101 Å². The monoisotopic (exact) mass is 1040 g/mol. The van der Waals surface area contributed by atoms with E-state index in [1.54, 1.807) is 0 Å². The Hall–Kier alpha value is -7.30. The lowest BCUT2D eigenvalue weighted by molar-refractivity contribution is 0.0513. The van der Waals surface area contributed by atoms with Crippen LogP contribution in [0.4, 0.5) is 19.2 Å². The van der Waals surface area contributed by atoms with Crippen molar-refractivity contribution in [3.63, 3.8) is 0 Å². The topological polar surface area (TPSA) is 206 Å². The highest BCUT2D eigenvalue weighted by atomic mass is 16.6. The van der Waals surface area contributed by atoms with Crippen molar-refractivity contribution in [2.45, 2.75) is 131 Å². The molecule has 1 aromatic heterocycles. The molecule has 5 rings (SSSR count). The maximum absolute atomic E-state index is 12.3. The number of carbonyl (C=O) groups is 4. The Morgan fingerprint density at radius 1 is 0.387 bits per heavy atom. The first kappa shape index (κ1) is 58.6. The third-order valence-electron chi connectivity index (χ3n) is 10.2. The number of rotatable bonds is 23. The van der Waals surface area contributed by atoms with E-state index in [1.807, 2.05) is 138 Å². The number of nitrogens with one attached hydrogen (secondary N) is 5. The smallest absolute Gasteiger partial charge is 0.407 e. The molecule has 0 spiro atoms. The van der Waals surface area contributed by atoms with E-state index in [-0.39, 0.29) is 0 Å². The van der Waals surface area contributed by atoms with Crippen LogP contribution in [-0.4, -0.2) is 104 Å². The zero-order chi connectivity index (χ0) is 54.8. The van der Waals surface area contributed by atoms with Crippen LogP contribution < -0.4 is 40.2 Å². The number of amides is 4. The fraction of sp³-hybridized carbons (Fsp3) is 0.483. The van der Waals surface area contributed by atoms with Gasteiger partial charge in [0.1, 0.15) is 45.4 Å². The van der Waals surface area contributed by atoms with E-state index in [0.717, 1.165) is 44.4 Å². The van der Waals surface area contributed by atoms with Crippen molar-refractivity contribution >= 4 is 35.3 Å². The average molecular weight is 1040 g/mol. The maximum atomic E-state index is 12.3. The van der Waals surface area contributed by atoms with Gasteiger partial charge in [0.2, 0.25) is 0 Å². The molecule has 5 aromatic rings. The quantitative estimate of drug-likeness (QED) is 0.0306. The van der Waals surface area contributed by atoms with Crippen LogP contribution in [0.2, 0.25) is 0 Å². The maximum Gasteiger partial charge on any atom is 0.407 e. The molecule has 0 unspecified atom stereocenters. The Balaban J connectivity index is 1.49. The number of H-pyrrole nitrogens is 1. The Morgan fingerprint density at radius 3 is 0.987 bits per heavy atom. The van der Waals surface area contributed by atoms with Crippen molar-refractivity contribution in [2.75, 3.05) is 52.6 Å². The Labute approximate surface area is 442 Å². The van der Waals surface area contributed by atoms with Crippen LogP contribution >= 0.6 is 0 Å². The van der Waals surface area contributed by atoms with E-state index in [9.17, 15) is 19.2 Å². The number of carbonyl (C=O) groups excluding carboxylic acids is 4. The van der Waals surface area contributed by atoms with Crippen molar-refractivity contribution in [2.24, 2.45) is 0 Å². The minimum atomic E-state index is -0.617. The molecule has 408 valence electrons. The molecule has 4 aromatic carbocycles. The minimum Gasteiger partial charge on any atom is -0.493 e. The summed E-state index contributed by atoms with van der Waals surface area (Å²) in [4.78, 5) is 52.9.